The van der Waals surface area contributed by atoms with Gasteiger partial charge in [0.25, 0.3) is 0 Å². The van der Waals surface area contributed by atoms with Crippen LogP contribution in [0.1, 0.15) is 6.92 Å². The van der Waals surface area contributed by atoms with E-state index >= 15 is 0 Å². The van der Waals surface area contributed by atoms with Gasteiger partial charge in [0.2, 0.25) is 0 Å². The summed E-state index contributed by atoms with van der Waals surface area (Å²) in [6, 6.07) is 0. The van der Waals surface area contributed by atoms with Gasteiger partial charge in [-0.25, -0.2) is 0 Å². The molecule has 0 aromatic carbocycles. The van der Waals surface area contributed by atoms with Gasteiger partial charge in [-0.15, -0.1) is 5.73 Å². The first-order valence-corrected chi connectivity index (χ1v) is 3.35. The summed E-state index contributed by atoms with van der Waals surface area (Å²) in [5.41, 5.74) is 3.75. The lowest BCUT2D eigenvalue weighted by molar-refractivity contribution is 0.925. The molecule has 1 nitrogen and oxygen atoms in total. The van der Waals surface area contributed by atoms with Gasteiger partial charge in [-0.1, -0.05) is 22.5 Å². The Hall–Kier alpha value is -0.200. The van der Waals surface area contributed by atoms with Crippen LogP contribution in [0.3, 0.4) is 0 Å². The molecule has 0 amide bonds. The average Bonchev–Trinajstić information content (AvgIpc) is 1.69. The van der Waals surface area contributed by atoms with E-state index in [0.717, 1.165) is 5.70 Å². The van der Waals surface area contributed by atoms with Crippen molar-refractivity contribution in [2.45, 2.75) is 11.8 Å². The third kappa shape index (κ3) is 2.20. The second-order valence-corrected chi connectivity index (χ2v) is 2.83. The molecular formula is C6H10BrN. The second kappa shape index (κ2) is 3.76. The van der Waals surface area contributed by atoms with Crippen LogP contribution in [0.2, 0.25) is 0 Å². The van der Waals surface area contributed by atoms with Crippen LogP contribution < -0.4 is 5.32 Å². The predicted octanol–water partition coefficient (Wildman–Crippen LogP) is 1.66. The standard InChI is InChI=1S/C6H10BrN/c1-4-6(8-3)5(2)7/h5,8H,1H2,2-3H3. The maximum Gasteiger partial charge on any atom is 0.0665 e. The quantitative estimate of drug-likeness (QED) is 0.498. The summed E-state index contributed by atoms with van der Waals surface area (Å²) in [6.45, 7) is 5.52. The number of nitrogens with one attached hydrogen (secondary N) is 1. The normalized spacial score (nSPS) is 11.9. The molecule has 0 aromatic heterocycles. The van der Waals surface area contributed by atoms with Crippen molar-refractivity contribution in [3.63, 3.8) is 0 Å². The second-order valence-electron chi connectivity index (χ2n) is 1.46. The maximum absolute atomic E-state index is 3.50. The third-order valence-electron chi connectivity index (χ3n) is 0.858. The number of rotatable bonds is 2. The molecule has 0 heterocycles. The van der Waals surface area contributed by atoms with E-state index in [1.54, 1.807) is 0 Å². The highest BCUT2D eigenvalue weighted by Crippen LogP contribution is 2.04. The monoisotopic (exact) mass is 175 g/mol. The summed E-state index contributed by atoms with van der Waals surface area (Å²) in [7, 11) is 1.85. The fourth-order valence-corrected chi connectivity index (χ4v) is 0.819. The zero-order valence-corrected chi connectivity index (χ0v) is 6.75. The van der Waals surface area contributed by atoms with Gasteiger partial charge in [0.15, 0.2) is 0 Å². The topological polar surface area (TPSA) is 12.0 Å². The van der Waals surface area contributed by atoms with Crippen molar-refractivity contribution in [2.24, 2.45) is 0 Å². The number of hydrogen-bond donors (Lipinski definition) is 1. The summed E-state index contributed by atoms with van der Waals surface area (Å²) in [5, 5.41) is 2.95. The Bertz CT molecular complexity index is 112. The van der Waals surface area contributed by atoms with E-state index in [9.17, 15) is 0 Å². The Labute approximate surface area is 58.6 Å². The van der Waals surface area contributed by atoms with Crippen molar-refractivity contribution in [2.75, 3.05) is 7.05 Å². The Balaban J connectivity index is 3.92. The number of allylic oxidation sites excluding steroid dienone is 1. The van der Waals surface area contributed by atoms with Crippen LogP contribution in [-0.4, -0.2) is 11.9 Å². The minimum Gasteiger partial charge on any atom is -0.384 e. The van der Waals surface area contributed by atoms with Crippen molar-refractivity contribution in [1.82, 2.24) is 5.32 Å². The number of halogens is 1. The molecule has 1 unspecified atom stereocenters. The first kappa shape index (κ1) is 7.80. The molecule has 0 aromatic rings. The molecule has 46 valence electrons. The molecule has 0 aliphatic rings. The Kier molecular flexibility index (Phi) is 3.67. The van der Waals surface area contributed by atoms with Gasteiger partial charge in [0.05, 0.1) is 10.5 Å². The van der Waals surface area contributed by atoms with Crippen molar-refractivity contribution in [1.29, 1.82) is 0 Å². The van der Waals surface area contributed by atoms with Crippen molar-refractivity contribution in [3.05, 3.63) is 18.0 Å². The molecule has 1 atom stereocenters. The van der Waals surface area contributed by atoms with E-state index in [1.807, 2.05) is 14.0 Å². The number of alkyl halides is 1. The van der Waals surface area contributed by atoms with E-state index in [1.165, 1.54) is 0 Å². The van der Waals surface area contributed by atoms with E-state index in [-0.39, 0.29) is 0 Å². The van der Waals surface area contributed by atoms with Gasteiger partial charge in [0, 0.05) is 7.05 Å². The summed E-state index contributed by atoms with van der Waals surface area (Å²) in [5.74, 6) is 0. The highest BCUT2D eigenvalue weighted by molar-refractivity contribution is 9.09. The van der Waals surface area contributed by atoms with E-state index in [0.29, 0.717) is 4.83 Å². The molecule has 0 fully saturated rings. The molecular weight excluding hydrogens is 166 g/mol. The van der Waals surface area contributed by atoms with Crippen LogP contribution in [-0.2, 0) is 0 Å². The van der Waals surface area contributed by atoms with Crippen LogP contribution in [0.5, 0.6) is 0 Å². The zero-order valence-electron chi connectivity index (χ0n) is 5.16. The molecule has 0 saturated heterocycles. The fourth-order valence-electron chi connectivity index (χ4n) is 0.428. The number of hydrogen-bond acceptors (Lipinski definition) is 1. The highest BCUT2D eigenvalue weighted by atomic mass is 79.9. The van der Waals surface area contributed by atoms with E-state index in [4.69, 9.17) is 0 Å². The largest absolute Gasteiger partial charge is 0.384 e. The van der Waals surface area contributed by atoms with E-state index in [2.05, 4.69) is 33.6 Å². The summed E-state index contributed by atoms with van der Waals surface area (Å²) in [6.07, 6.45) is 0. The smallest absolute Gasteiger partial charge is 0.0665 e. The van der Waals surface area contributed by atoms with Crippen LogP contribution in [0.25, 0.3) is 0 Å². The zero-order chi connectivity index (χ0) is 6.57. The summed E-state index contributed by atoms with van der Waals surface area (Å²) >= 11 is 3.36. The van der Waals surface area contributed by atoms with Crippen molar-refractivity contribution >= 4 is 15.9 Å². The molecule has 0 spiro atoms. The first-order chi connectivity index (χ1) is 3.72. The van der Waals surface area contributed by atoms with Gasteiger partial charge in [-0.3, -0.25) is 0 Å². The van der Waals surface area contributed by atoms with Gasteiger partial charge in [0.1, 0.15) is 0 Å². The van der Waals surface area contributed by atoms with Crippen LogP contribution in [0.4, 0.5) is 0 Å². The Morgan fingerprint density at radius 1 is 1.88 bits per heavy atom. The molecule has 1 N–H and O–H groups in total. The molecule has 0 aliphatic carbocycles. The lowest BCUT2D eigenvalue weighted by atomic mass is 10.4. The summed E-state index contributed by atoms with van der Waals surface area (Å²) in [4.78, 5) is 0.324. The summed E-state index contributed by atoms with van der Waals surface area (Å²) < 4.78 is 0. The SMILES string of the molecule is C=C=C(NC)C(C)Br. The molecule has 2 heteroatoms. The highest BCUT2D eigenvalue weighted by Gasteiger charge is 1.97. The van der Waals surface area contributed by atoms with Crippen LogP contribution in [0, 0.1) is 0 Å². The van der Waals surface area contributed by atoms with Crippen molar-refractivity contribution in [3.8, 4) is 0 Å². The van der Waals surface area contributed by atoms with Gasteiger partial charge in [-0.2, -0.15) is 0 Å². The lowest BCUT2D eigenvalue weighted by Gasteiger charge is -2.03. The van der Waals surface area contributed by atoms with Gasteiger partial charge < -0.3 is 5.32 Å². The molecule has 0 saturated carbocycles. The predicted molar refractivity (Wildman–Crippen MR) is 40.1 cm³/mol. The van der Waals surface area contributed by atoms with Crippen molar-refractivity contribution < 1.29 is 0 Å². The average molecular weight is 176 g/mol. The van der Waals surface area contributed by atoms with E-state index < -0.39 is 0 Å². The maximum atomic E-state index is 3.50. The fraction of sp³-hybridized carbons (Fsp3) is 0.500. The molecule has 0 rings (SSSR count). The van der Waals surface area contributed by atoms with Gasteiger partial charge in [-0.05, 0) is 6.92 Å². The lowest BCUT2D eigenvalue weighted by Crippen LogP contribution is -2.11. The minimum atomic E-state index is 0.324. The molecule has 0 aliphatic heterocycles. The van der Waals surface area contributed by atoms with Crippen LogP contribution >= 0.6 is 15.9 Å². The Morgan fingerprint density at radius 2 is 2.38 bits per heavy atom. The minimum absolute atomic E-state index is 0.324. The Morgan fingerprint density at radius 3 is 2.38 bits per heavy atom. The molecule has 0 radical (unpaired) electrons. The molecule has 8 heavy (non-hydrogen) atoms. The van der Waals surface area contributed by atoms with Gasteiger partial charge >= 0.3 is 0 Å². The first-order valence-electron chi connectivity index (χ1n) is 2.44. The third-order valence-corrected chi connectivity index (χ3v) is 1.32. The molecule has 0 bridgehead atoms. The van der Waals surface area contributed by atoms with Crippen LogP contribution in [0.15, 0.2) is 18.0 Å².